The second-order valence-electron chi connectivity index (χ2n) is 3.96. The van der Waals surface area contributed by atoms with Gasteiger partial charge in [-0.15, -0.1) is 0 Å². The van der Waals surface area contributed by atoms with Gasteiger partial charge in [0.15, 0.2) is 0 Å². The third-order valence-electron chi connectivity index (χ3n) is 2.56. The van der Waals surface area contributed by atoms with E-state index in [4.69, 9.17) is 15.9 Å². The summed E-state index contributed by atoms with van der Waals surface area (Å²) < 4.78 is 5.02. The first-order valence-electron chi connectivity index (χ1n) is 5.69. The van der Waals surface area contributed by atoms with Crippen molar-refractivity contribution in [1.82, 2.24) is 0 Å². The maximum atomic E-state index is 10.4. The number of hydrogen-bond donors (Lipinski definition) is 2. The minimum absolute atomic E-state index is 0.0511. The number of amidine groups is 1. The van der Waals surface area contributed by atoms with Crippen LogP contribution in [0.15, 0.2) is 24.3 Å². The molecule has 0 aromatic heterocycles. The van der Waals surface area contributed by atoms with Gasteiger partial charge < -0.3 is 10.5 Å². The van der Waals surface area contributed by atoms with E-state index in [9.17, 15) is 4.79 Å². The third kappa shape index (κ3) is 4.26. The van der Waals surface area contributed by atoms with Crippen LogP contribution in [0.25, 0.3) is 0 Å². The molecule has 92 valence electrons. The maximum absolute atomic E-state index is 10.4. The van der Waals surface area contributed by atoms with Crippen molar-refractivity contribution in [2.75, 3.05) is 0 Å². The molecule has 3 N–H and O–H groups in total. The van der Waals surface area contributed by atoms with Gasteiger partial charge >= 0.3 is 0 Å². The molecule has 1 atom stereocenters. The molecule has 0 heterocycles. The molecule has 0 aliphatic rings. The standard InChI is InChI=1S/C13H18N2O2/c1-2-4-12(17-9-16)8-10-5-3-6-11(7-10)13(14)15/h3,5-7,9,12H,2,4,8H2,1H3,(H3,14,15). The van der Waals surface area contributed by atoms with E-state index >= 15 is 0 Å². The van der Waals surface area contributed by atoms with Crippen LogP contribution in [-0.2, 0) is 16.0 Å². The van der Waals surface area contributed by atoms with Gasteiger partial charge in [-0.3, -0.25) is 10.2 Å². The topological polar surface area (TPSA) is 76.2 Å². The van der Waals surface area contributed by atoms with E-state index in [0.717, 1.165) is 18.4 Å². The number of carbonyl (C=O) groups is 1. The summed E-state index contributed by atoms with van der Waals surface area (Å²) in [5, 5.41) is 7.37. The molecular weight excluding hydrogens is 216 g/mol. The molecule has 1 aromatic rings. The van der Waals surface area contributed by atoms with Crippen LogP contribution in [0, 0.1) is 5.41 Å². The summed E-state index contributed by atoms with van der Waals surface area (Å²) >= 11 is 0. The first-order valence-corrected chi connectivity index (χ1v) is 5.69. The fourth-order valence-electron chi connectivity index (χ4n) is 1.75. The molecule has 1 aromatic carbocycles. The highest BCUT2D eigenvalue weighted by Crippen LogP contribution is 2.12. The molecule has 0 spiro atoms. The van der Waals surface area contributed by atoms with E-state index < -0.39 is 0 Å². The van der Waals surface area contributed by atoms with E-state index in [1.54, 1.807) is 6.07 Å². The highest BCUT2D eigenvalue weighted by molar-refractivity contribution is 5.95. The van der Waals surface area contributed by atoms with Crippen molar-refractivity contribution in [2.24, 2.45) is 5.73 Å². The molecule has 0 bridgehead atoms. The first-order chi connectivity index (χ1) is 8.17. The van der Waals surface area contributed by atoms with Gasteiger partial charge in [-0.25, -0.2) is 0 Å². The number of rotatable bonds is 7. The molecule has 0 saturated heterocycles. The lowest BCUT2D eigenvalue weighted by Gasteiger charge is -2.14. The fourth-order valence-corrected chi connectivity index (χ4v) is 1.75. The van der Waals surface area contributed by atoms with Gasteiger partial charge in [-0.1, -0.05) is 31.5 Å². The molecule has 4 heteroatoms. The fraction of sp³-hybridized carbons (Fsp3) is 0.385. The van der Waals surface area contributed by atoms with Gasteiger partial charge in [-0.05, 0) is 18.1 Å². The Balaban J connectivity index is 2.74. The molecule has 1 rings (SSSR count). The summed E-state index contributed by atoms with van der Waals surface area (Å²) in [7, 11) is 0. The van der Waals surface area contributed by atoms with E-state index in [-0.39, 0.29) is 11.9 Å². The van der Waals surface area contributed by atoms with Gasteiger partial charge in [0.25, 0.3) is 6.47 Å². The lowest BCUT2D eigenvalue weighted by Crippen LogP contribution is -2.16. The van der Waals surface area contributed by atoms with Crippen molar-refractivity contribution in [3.05, 3.63) is 35.4 Å². The summed E-state index contributed by atoms with van der Waals surface area (Å²) in [6.07, 6.45) is 2.36. The second-order valence-corrected chi connectivity index (χ2v) is 3.96. The quantitative estimate of drug-likeness (QED) is 0.429. The molecule has 0 amide bonds. The highest BCUT2D eigenvalue weighted by Gasteiger charge is 2.10. The van der Waals surface area contributed by atoms with Gasteiger partial charge in [0.1, 0.15) is 11.9 Å². The number of nitrogens with two attached hydrogens (primary N) is 1. The lowest BCUT2D eigenvalue weighted by atomic mass is 10.0. The zero-order chi connectivity index (χ0) is 12.7. The Kier molecular flexibility index (Phi) is 5.20. The van der Waals surface area contributed by atoms with Crippen LogP contribution in [0.1, 0.15) is 30.9 Å². The monoisotopic (exact) mass is 234 g/mol. The Labute approximate surface area is 101 Å². The van der Waals surface area contributed by atoms with Crippen molar-refractivity contribution in [3.63, 3.8) is 0 Å². The van der Waals surface area contributed by atoms with E-state index in [1.807, 2.05) is 25.1 Å². The van der Waals surface area contributed by atoms with Gasteiger partial charge in [0.05, 0.1) is 0 Å². The van der Waals surface area contributed by atoms with Crippen molar-refractivity contribution in [2.45, 2.75) is 32.3 Å². The Morgan fingerprint density at radius 1 is 1.59 bits per heavy atom. The van der Waals surface area contributed by atoms with Crippen molar-refractivity contribution < 1.29 is 9.53 Å². The SMILES string of the molecule is CCCC(Cc1cccc(C(=N)N)c1)OC=O. The molecule has 0 saturated carbocycles. The van der Waals surface area contributed by atoms with Gasteiger partial charge in [0.2, 0.25) is 0 Å². The van der Waals surface area contributed by atoms with Crippen molar-refractivity contribution in [3.8, 4) is 0 Å². The van der Waals surface area contributed by atoms with Gasteiger partial charge in [0, 0.05) is 12.0 Å². The summed E-state index contributed by atoms with van der Waals surface area (Å²) in [6, 6.07) is 7.46. The number of benzene rings is 1. The minimum Gasteiger partial charge on any atom is -0.464 e. The minimum atomic E-state index is -0.0975. The average Bonchev–Trinajstić information content (AvgIpc) is 2.30. The van der Waals surface area contributed by atoms with Crippen molar-refractivity contribution in [1.29, 1.82) is 5.41 Å². The number of ether oxygens (including phenoxy) is 1. The van der Waals surface area contributed by atoms with Crippen LogP contribution < -0.4 is 5.73 Å². The smallest absolute Gasteiger partial charge is 0.293 e. The van der Waals surface area contributed by atoms with Crippen LogP contribution in [-0.4, -0.2) is 18.4 Å². The van der Waals surface area contributed by atoms with Crippen LogP contribution in [0.5, 0.6) is 0 Å². The number of nitrogen functional groups attached to an aromatic ring is 1. The number of carbonyl (C=O) groups excluding carboxylic acids is 1. The summed E-state index contributed by atoms with van der Waals surface area (Å²) in [5.41, 5.74) is 7.15. The molecular formula is C13H18N2O2. The first kappa shape index (κ1) is 13.2. The van der Waals surface area contributed by atoms with Crippen LogP contribution in [0.2, 0.25) is 0 Å². The Bertz CT molecular complexity index is 391. The molecule has 0 aliphatic heterocycles. The molecule has 0 fully saturated rings. The van der Waals surface area contributed by atoms with E-state index in [2.05, 4.69) is 0 Å². The van der Waals surface area contributed by atoms with Crippen LogP contribution in [0.3, 0.4) is 0 Å². The second kappa shape index (κ2) is 6.68. The average molecular weight is 234 g/mol. The van der Waals surface area contributed by atoms with Gasteiger partial charge in [-0.2, -0.15) is 0 Å². The highest BCUT2D eigenvalue weighted by atomic mass is 16.5. The Morgan fingerprint density at radius 3 is 2.94 bits per heavy atom. The maximum Gasteiger partial charge on any atom is 0.293 e. The zero-order valence-corrected chi connectivity index (χ0v) is 9.98. The summed E-state index contributed by atoms with van der Waals surface area (Å²) in [5.74, 6) is 0.0511. The molecule has 0 radical (unpaired) electrons. The largest absolute Gasteiger partial charge is 0.464 e. The zero-order valence-electron chi connectivity index (χ0n) is 9.98. The predicted molar refractivity (Wildman–Crippen MR) is 67.0 cm³/mol. The molecule has 17 heavy (non-hydrogen) atoms. The van der Waals surface area contributed by atoms with Crippen molar-refractivity contribution >= 4 is 12.3 Å². The van der Waals surface area contributed by atoms with Crippen LogP contribution in [0.4, 0.5) is 0 Å². The normalized spacial score (nSPS) is 11.8. The van der Waals surface area contributed by atoms with Crippen LogP contribution >= 0.6 is 0 Å². The molecule has 4 nitrogen and oxygen atoms in total. The number of nitrogens with one attached hydrogen (secondary N) is 1. The summed E-state index contributed by atoms with van der Waals surface area (Å²) in [4.78, 5) is 10.4. The third-order valence-corrected chi connectivity index (χ3v) is 2.56. The summed E-state index contributed by atoms with van der Waals surface area (Å²) in [6.45, 7) is 2.54. The van der Waals surface area contributed by atoms with E-state index in [1.165, 1.54) is 0 Å². The molecule has 1 unspecified atom stereocenters. The lowest BCUT2D eigenvalue weighted by molar-refractivity contribution is -0.133. The van der Waals surface area contributed by atoms with E-state index in [0.29, 0.717) is 18.5 Å². The predicted octanol–water partition coefficient (Wildman–Crippen LogP) is 1.85. The Morgan fingerprint density at radius 2 is 2.35 bits per heavy atom. The Hall–Kier alpha value is -1.84. The molecule has 0 aliphatic carbocycles. The number of hydrogen-bond acceptors (Lipinski definition) is 3.